The number of benzene rings is 2. The maximum absolute atomic E-state index is 6.35. The second-order valence-electron chi connectivity index (χ2n) is 5.75. The predicted octanol–water partition coefficient (Wildman–Crippen LogP) is 4.18. The van der Waals surface area contributed by atoms with Crippen LogP contribution in [0.2, 0.25) is 0 Å². The lowest BCUT2D eigenvalue weighted by Crippen LogP contribution is -2.06. The van der Waals surface area contributed by atoms with Crippen LogP contribution in [-0.2, 0) is 19.3 Å². The number of hydrogen-bond acceptors (Lipinski definition) is 2. The molecule has 0 saturated heterocycles. The molecule has 2 aromatic carbocycles. The summed E-state index contributed by atoms with van der Waals surface area (Å²) in [5.74, 6) is 0. The minimum atomic E-state index is 0.804. The van der Waals surface area contributed by atoms with Gasteiger partial charge in [0.15, 0.2) is 0 Å². The van der Waals surface area contributed by atoms with E-state index in [4.69, 9.17) is 11.5 Å². The van der Waals surface area contributed by atoms with Gasteiger partial charge in [-0.3, -0.25) is 0 Å². The first kappa shape index (κ1) is 15.4. The van der Waals surface area contributed by atoms with Gasteiger partial charge in [-0.1, -0.05) is 38.1 Å². The largest absolute Gasteiger partial charge is 0.398 e. The van der Waals surface area contributed by atoms with E-state index in [0.717, 1.165) is 30.6 Å². The number of nitrogen functional groups attached to an aromatic ring is 2. The Morgan fingerprint density at radius 1 is 0.714 bits per heavy atom. The molecule has 0 aliphatic carbocycles. The molecule has 0 atom stereocenters. The van der Waals surface area contributed by atoms with Crippen molar-refractivity contribution in [2.24, 2.45) is 0 Å². The third-order valence-electron chi connectivity index (χ3n) is 4.45. The van der Waals surface area contributed by atoms with Crippen molar-refractivity contribution < 1.29 is 0 Å². The molecular weight excluding hydrogens is 256 g/mol. The Labute approximate surface area is 128 Å². The zero-order chi connectivity index (χ0) is 15.6. The zero-order valence-electron chi connectivity index (χ0n) is 13.6. The lowest BCUT2D eigenvalue weighted by Gasteiger charge is -2.16. The molecule has 0 fully saturated rings. The number of aryl methyl sites for hydroxylation is 2. The Hall–Kier alpha value is -1.96. The van der Waals surface area contributed by atoms with Crippen molar-refractivity contribution in [3.63, 3.8) is 0 Å². The van der Waals surface area contributed by atoms with Crippen LogP contribution < -0.4 is 11.5 Å². The summed E-state index contributed by atoms with van der Waals surface area (Å²) in [6.45, 7) is 8.54. The number of hydrogen-bond donors (Lipinski definition) is 2. The number of nitrogens with two attached hydrogens (primary N) is 2. The first-order valence-corrected chi connectivity index (χ1v) is 7.73. The zero-order valence-corrected chi connectivity index (χ0v) is 13.6. The molecule has 0 aliphatic heterocycles. The topological polar surface area (TPSA) is 52.0 Å². The highest BCUT2D eigenvalue weighted by molar-refractivity contribution is 5.62. The highest BCUT2D eigenvalue weighted by Gasteiger charge is 2.11. The van der Waals surface area contributed by atoms with Gasteiger partial charge in [-0.05, 0) is 60.1 Å². The van der Waals surface area contributed by atoms with Gasteiger partial charge < -0.3 is 11.5 Å². The van der Waals surface area contributed by atoms with Crippen molar-refractivity contribution in [1.29, 1.82) is 0 Å². The minimum absolute atomic E-state index is 0.804. The Kier molecular flexibility index (Phi) is 4.56. The fraction of sp³-hybridized carbons (Fsp3) is 0.368. The van der Waals surface area contributed by atoms with Crippen molar-refractivity contribution in [1.82, 2.24) is 0 Å². The molecule has 0 saturated carbocycles. The Morgan fingerprint density at radius 3 is 1.43 bits per heavy atom. The van der Waals surface area contributed by atoms with Crippen molar-refractivity contribution in [2.75, 3.05) is 11.5 Å². The van der Waals surface area contributed by atoms with Gasteiger partial charge in [0, 0.05) is 17.8 Å². The fourth-order valence-corrected chi connectivity index (χ4v) is 3.10. The lowest BCUT2D eigenvalue weighted by molar-refractivity contribution is 1.07. The maximum Gasteiger partial charge on any atom is 0.0385 e. The maximum atomic E-state index is 6.35. The van der Waals surface area contributed by atoms with Crippen LogP contribution in [0.5, 0.6) is 0 Å². The fourth-order valence-electron chi connectivity index (χ4n) is 3.10. The van der Waals surface area contributed by atoms with Gasteiger partial charge >= 0.3 is 0 Å². The van der Waals surface area contributed by atoms with Gasteiger partial charge in [0.1, 0.15) is 0 Å². The average molecular weight is 282 g/mol. The van der Waals surface area contributed by atoms with E-state index in [-0.39, 0.29) is 0 Å². The van der Waals surface area contributed by atoms with E-state index in [1.165, 1.54) is 33.4 Å². The van der Waals surface area contributed by atoms with E-state index < -0.39 is 0 Å². The van der Waals surface area contributed by atoms with Crippen molar-refractivity contribution in [3.05, 3.63) is 57.6 Å². The van der Waals surface area contributed by atoms with Gasteiger partial charge in [0.2, 0.25) is 0 Å². The molecule has 2 nitrogen and oxygen atoms in total. The van der Waals surface area contributed by atoms with Crippen LogP contribution in [0.3, 0.4) is 0 Å². The summed E-state index contributed by atoms with van der Waals surface area (Å²) >= 11 is 0. The molecule has 0 bridgehead atoms. The van der Waals surface area contributed by atoms with Crippen LogP contribution >= 0.6 is 0 Å². The minimum Gasteiger partial charge on any atom is -0.398 e. The first-order chi connectivity index (χ1) is 9.99. The molecular formula is C19H26N2. The van der Waals surface area contributed by atoms with Crippen LogP contribution in [0.1, 0.15) is 47.2 Å². The third kappa shape index (κ3) is 2.90. The molecule has 0 amide bonds. The molecule has 0 aromatic heterocycles. The normalized spacial score (nSPS) is 10.9. The van der Waals surface area contributed by atoms with Gasteiger partial charge in [-0.2, -0.15) is 0 Å². The summed E-state index contributed by atoms with van der Waals surface area (Å²) in [4.78, 5) is 0. The lowest BCUT2D eigenvalue weighted by atomic mass is 9.92. The second kappa shape index (κ2) is 6.21. The SMILES string of the molecule is CCc1c(C)ccc(Cc2ccc(C)c(CC)c2N)c1N. The molecule has 0 aliphatic rings. The van der Waals surface area contributed by atoms with Crippen LogP contribution in [0.15, 0.2) is 24.3 Å². The molecule has 2 rings (SSSR count). The molecule has 112 valence electrons. The van der Waals surface area contributed by atoms with Gasteiger partial charge in [-0.15, -0.1) is 0 Å². The van der Waals surface area contributed by atoms with Crippen molar-refractivity contribution in [2.45, 2.75) is 47.0 Å². The first-order valence-electron chi connectivity index (χ1n) is 7.73. The summed E-state index contributed by atoms with van der Waals surface area (Å²) in [6.07, 6.45) is 2.74. The highest BCUT2D eigenvalue weighted by atomic mass is 14.6. The highest BCUT2D eigenvalue weighted by Crippen LogP contribution is 2.28. The van der Waals surface area contributed by atoms with Crippen molar-refractivity contribution >= 4 is 11.4 Å². The van der Waals surface area contributed by atoms with E-state index in [1.807, 2.05) is 0 Å². The molecule has 2 aromatic rings. The molecule has 2 heteroatoms. The van der Waals surface area contributed by atoms with Gasteiger partial charge in [-0.25, -0.2) is 0 Å². The van der Waals surface area contributed by atoms with Crippen LogP contribution in [0.4, 0.5) is 11.4 Å². The quantitative estimate of drug-likeness (QED) is 0.826. The molecule has 0 unspecified atom stereocenters. The second-order valence-corrected chi connectivity index (χ2v) is 5.75. The summed E-state index contributed by atoms with van der Waals surface area (Å²) < 4.78 is 0. The summed E-state index contributed by atoms with van der Waals surface area (Å²) in [5, 5.41) is 0. The predicted molar refractivity (Wildman–Crippen MR) is 92.7 cm³/mol. The van der Waals surface area contributed by atoms with E-state index in [1.54, 1.807) is 0 Å². The van der Waals surface area contributed by atoms with E-state index in [9.17, 15) is 0 Å². The Balaban J connectivity index is 2.44. The van der Waals surface area contributed by atoms with E-state index in [0.29, 0.717) is 0 Å². The summed E-state index contributed by atoms with van der Waals surface area (Å²) in [5.41, 5.74) is 22.0. The molecule has 0 radical (unpaired) electrons. The standard InChI is InChI=1S/C19H26N2/c1-5-16-12(3)7-9-14(18(16)20)11-15-10-8-13(4)17(6-2)19(15)21/h7-10H,5-6,11,20-21H2,1-4H3. The summed E-state index contributed by atoms with van der Waals surface area (Å²) in [6, 6.07) is 8.59. The molecule has 0 heterocycles. The Bertz CT molecular complexity index is 600. The third-order valence-corrected chi connectivity index (χ3v) is 4.45. The molecule has 21 heavy (non-hydrogen) atoms. The van der Waals surface area contributed by atoms with E-state index in [2.05, 4.69) is 52.0 Å². The average Bonchev–Trinajstić information content (AvgIpc) is 2.45. The van der Waals surface area contributed by atoms with Crippen LogP contribution in [-0.4, -0.2) is 0 Å². The Morgan fingerprint density at radius 2 is 1.10 bits per heavy atom. The number of anilines is 2. The van der Waals surface area contributed by atoms with Gasteiger partial charge in [0.25, 0.3) is 0 Å². The van der Waals surface area contributed by atoms with Gasteiger partial charge in [0.05, 0.1) is 0 Å². The van der Waals surface area contributed by atoms with Crippen LogP contribution in [0, 0.1) is 13.8 Å². The van der Waals surface area contributed by atoms with E-state index >= 15 is 0 Å². The summed E-state index contributed by atoms with van der Waals surface area (Å²) in [7, 11) is 0. The molecule has 4 N–H and O–H groups in total. The van der Waals surface area contributed by atoms with Crippen molar-refractivity contribution in [3.8, 4) is 0 Å². The number of rotatable bonds is 4. The van der Waals surface area contributed by atoms with Crippen LogP contribution in [0.25, 0.3) is 0 Å². The monoisotopic (exact) mass is 282 g/mol. The smallest absolute Gasteiger partial charge is 0.0385 e. The molecule has 0 spiro atoms.